The van der Waals surface area contributed by atoms with Crippen LogP contribution in [0.15, 0.2) is 24.3 Å². The minimum atomic E-state index is 1.05. The fourth-order valence-corrected chi connectivity index (χ4v) is 1.02. The zero-order valence-electron chi connectivity index (χ0n) is 6.17. The van der Waals surface area contributed by atoms with Crippen LogP contribution in [0.2, 0.25) is 0 Å². The van der Waals surface area contributed by atoms with Crippen molar-refractivity contribution >= 4 is 6.08 Å². The molecule has 0 N–H and O–H groups in total. The molecule has 0 saturated heterocycles. The van der Waals surface area contributed by atoms with Gasteiger partial charge < -0.3 is 0 Å². The standard InChI is InChI=1S/C10H11/c1-3-9-7-5-6-8-10(9)4-2/h1,3,5-8H,4H2,2H3. The number of hydrogen-bond acceptors (Lipinski definition) is 0. The van der Waals surface area contributed by atoms with E-state index >= 15 is 0 Å². The van der Waals surface area contributed by atoms with Crippen molar-refractivity contribution in [3.8, 4) is 0 Å². The van der Waals surface area contributed by atoms with E-state index in [1.165, 1.54) is 5.56 Å². The lowest BCUT2D eigenvalue weighted by Gasteiger charge is -1.99. The van der Waals surface area contributed by atoms with E-state index < -0.39 is 0 Å². The first-order chi connectivity index (χ1) is 4.88. The third kappa shape index (κ3) is 1.27. The Morgan fingerprint density at radius 2 is 2.10 bits per heavy atom. The zero-order valence-corrected chi connectivity index (χ0v) is 6.17. The molecule has 1 aromatic carbocycles. The molecule has 0 nitrogen and oxygen atoms in total. The molecule has 0 aliphatic heterocycles. The van der Waals surface area contributed by atoms with Gasteiger partial charge in [-0.15, -0.1) is 0 Å². The monoisotopic (exact) mass is 131 g/mol. The summed E-state index contributed by atoms with van der Waals surface area (Å²) >= 11 is 0. The molecule has 10 heavy (non-hydrogen) atoms. The topological polar surface area (TPSA) is 0 Å². The molecule has 51 valence electrons. The molecule has 0 saturated carbocycles. The maximum Gasteiger partial charge on any atom is -0.0225 e. The van der Waals surface area contributed by atoms with Gasteiger partial charge in [0.25, 0.3) is 0 Å². The Kier molecular flexibility index (Phi) is 2.27. The highest BCUT2D eigenvalue weighted by Gasteiger charge is 1.91. The first-order valence-electron chi connectivity index (χ1n) is 3.51. The quantitative estimate of drug-likeness (QED) is 0.579. The second-order valence-corrected chi connectivity index (χ2v) is 2.22. The SMILES string of the molecule is [CH]=Cc1ccccc1CC. The van der Waals surface area contributed by atoms with Crippen LogP contribution in [0, 0.1) is 6.58 Å². The fourth-order valence-electron chi connectivity index (χ4n) is 1.02. The average molecular weight is 131 g/mol. The fraction of sp³-hybridized carbons (Fsp3) is 0.200. The van der Waals surface area contributed by atoms with E-state index in [0.29, 0.717) is 0 Å². The molecule has 1 radical (unpaired) electrons. The van der Waals surface area contributed by atoms with Gasteiger partial charge in [-0.3, -0.25) is 0 Å². The summed E-state index contributed by atoms with van der Waals surface area (Å²) in [6, 6.07) is 8.15. The molecule has 0 atom stereocenters. The maximum absolute atomic E-state index is 5.40. The Morgan fingerprint density at radius 3 is 2.60 bits per heavy atom. The molecule has 0 bridgehead atoms. The lowest BCUT2D eigenvalue weighted by Crippen LogP contribution is -1.83. The van der Waals surface area contributed by atoms with E-state index in [1.807, 2.05) is 18.2 Å². The Balaban J connectivity index is 3.08. The van der Waals surface area contributed by atoms with Crippen LogP contribution in [0.1, 0.15) is 18.1 Å². The summed E-state index contributed by atoms with van der Waals surface area (Å²) in [5.74, 6) is 0. The molecule has 0 aliphatic rings. The molecule has 0 spiro atoms. The van der Waals surface area contributed by atoms with E-state index in [0.717, 1.165) is 12.0 Å². The maximum atomic E-state index is 5.40. The van der Waals surface area contributed by atoms with Gasteiger partial charge in [0.2, 0.25) is 0 Å². The summed E-state index contributed by atoms with van der Waals surface area (Å²) in [5, 5.41) is 0. The summed E-state index contributed by atoms with van der Waals surface area (Å²) in [6.07, 6.45) is 2.70. The van der Waals surface area contributed by atoms with E-state index in [-0.39, 0.29) is 0 Å². The summed E-state index contributed by atoms with van der Waals surface area (Å²) in [5.41, 5.74) is 2.45. The lowest BCUT2D eigenvalue weighted by molar-refractivity contribution is 1.13. The molecular formula is C10H11. The van der Waals surface area contributed by atoms with E-state index in [9.17, 15) is 0 Å². The Labute approximate surface area is 62.2 Å². The Bertz CT molecular complexity index is 223. The van der Waals surface area contributed by atoms with Crippen LogP contribution in [0.3, 0.4) is 0 Å². The Hall–Kier alpha value is -1.04. The third-order valence-corrected chi connectivity index (χ3v) is 1.62. The predicted molar refractivity (Wildman–Crippen MR) is 44.6 cm³/mol. The predicted octanol–water partition coefficient (Wildman–Crippen LogP) is 2.70. The van der Waals surface area contributed by atoms with E-state index in [4.69, 9.17) is 6.58 Å². The van der Waals surface area contributed by atoms with Crippen LogP contribution in [0.25, 0.3) is 6.08 Å². The van der Waals surface area contributed by atoms with Gasteiger partial charge in [-0.1, -0.05) is 43.8 Å². The number of hydrogen-bond donors (Lipinski definition) is 0. The molecule has 0 heterocycles. The van der Waals surface area contributed by atoms with Crippen molar-refractivity contribution in [2.45, 2.75) is 13.3 Å². The van der Waals surface area contributed by atoms with Gasteiger partial charge in [-0.2, -0.15) is 0 Å². The second-order valence-electron chi connectivity index (χ2n) is 2.22. The van der Waals surface area contributed by atoms with Crippen molar-refractivity contribution in [2.24, 2.45) is 0 Å². The van der Waals surface area contributed by atoms with Gasteiger partial charge in [0.1, 0.15) is 0 Å². The smallest absolute Gasteiger partial charge is 0.0225 e. The van der Waals surface area contributed by atoms with E-state index in [1.54, 1.807) is 6.08 Å². The molecule has 0 aliphatic carbocycles. The molecule has 0 amide bonds. The summed E-state index contributed by atoms with van der Waals surface area (Å²) in [7, 11) is 0. The van der Waals surface area contributed by atoms with Gasteiger partial charge in [-0.25, -0.2) is 0 Å². The van der Waals surface area contributed by atoms with Crippen molar-refractivity contribution in [3.05, 3.63) is 42.0 Å². The molecular weight excluding hydrogens is 120 g/mol. The van der Waals surface area contributed by atoms with Crippen LogP contribution >= 0.6 is 0 Å². The van der Waals surface area contributed by atoms with Gasteiger partial charge in [-0.05, 0) is 17.5 Å². The van der Waals surface area contributed by atoms with Crippen LogP contribution in [0.4, 0.5) is 0 Å². The van der Waals surface area contributed by atoms with E-state index in [2.05, 4.69) is 13.0 Å². The first-order valence-corrected chi connectivity index (χ1v) is 3.51. The number of benzene rings is 1. The lowest BCUT2D eigenvalue weighted by atomic mass is 10.1. The highest BCUT2D eigenvalue weighted by Crippen LogP contribution is 2.09. The average Bonchev–Trinajstić information content (AvgIpc) is 2.04. The molecule has 0 unspecified atom stereocenters. The molecule has 0 fully saturated rings. The second kappa shape index (κ2) is 3.21. The van der Waals surface area contributed by atoms with Gasteiger partial charge in [0.15, 0.2) is 0 Å². The van der Waals surface area contributed by atoms with Crippen LogP contribution in [-0.2, 0) is 6.42 Å². The van der Waals surface area contributed by atoms with Gasteiger partial charge >= 0.3 is 0 Å². The van der Waals surface area contributed by atoms with Gasteiger partial charge in [0, 0.05) is 0 Å². The molecule has 1 rings (SSSR count). The molecule has 0 aromatic heterocycles. The molecule has 0 heteroatoms. The van der Waals surface area contributed by atoms with Crippen LogP contribution in [-0.4, -0.2) is 0 Å². The first kappa shape index (κ1) is 7.07. The van der Waals surface area contributed by atoms with Crippen molar-refractivity contribution in [1.29, 1.82) is 0 Å². The van der Waals surface area contributed by atoms with Crippen molar-refractivity contribution < 1.29 is 0 Å². The third-order valence-electron chi connectivity index (χ3n) is 1.62. The summed E-state index contributed by atoms with van der Waals surface area (Å²) < 4.78 is 0. The Morgan fingerprint density at radius 1 is 1.40 bits per heavy atom. The number of aryl methyl sites for hydroxylation is 1. The van der Waals surface area contributed by atoms with Crippen molar-refractivity contribution in [1.82, 2.24) is 0 Å². The largest absolute Gasteiger partial charge is 0.0620 e. The summed E-state index contributed by atoms with van der Waals surface area (Å²) in [6.45, 7) is 7.53. The molecule has 1 aromatic rings. The minimum Gasteiger partial charge on any atom is -0.0620 e. The van der Waals surface area contributed by atoms with Crippen LogP contribution in [0.5, 0.6) is 0 Å². The van der Waals surface area contributed by atoms with Crippen molar-refractivity contribution in [2.75, 3.05) is 0 Å². The normalized spacial score (nSPS) is 9.30. The highest BCUT2D eigenvalue weighted by atomic mass is 14.0. The van der Waals surface area contributed by atoms with Crippen LogP contribution < -0.4 is 0 Å². The number of rotatable bonds is 2. The minimum absolute atomic E-state index is 1.05. The van der Waals surface area contributed by atoms with Gasteiger partial charge in [0.05, 0.1) is 0 Å². The highest BCUT2D eigenvalue weighted by molar-refractivity contribution is 5.50. The zero-order chi connectivity index (χ0) is 7.40. The summed E-state index contributed by atoms with van der Waals surface area (Å²) in [4.78, 5) is 0. The van der Waals surface area contributed by atoms with Crippen molar-refractivity contribution in [3.63, 3.8) is 0 Å².